The van der Waals surface area contributed by atoms with Crippen LogP contribution >= 0.6 is 0 Å². The van der Waals surface area contributed by atoms with Crippen molar-refractivity contribution in [2.75, 3.05) is 13.2 Å². The zero-order valence-electron chi connectivity index (χ0n) is 22.5. The minimum atomic E-state index is -0.473. The largest absolute Gasteiger partial charge is 0.335 e. The van der Waals surface area contributed by atoms with Crippen LogP contribution in [0.2, 0.25) is 0 Å². The van der Waals surface area contributed by atoms with Crippen molar-refractivity contribution in [2.24, 2.45) is 11.3 Å². The highest BCUT2D eigenvalue weighted by Gasteiger charge is 2.42. The third-order valence-electron chi connectivity index (χ3n) is 7.18. The second kappa shape index (κ2) is 9.78. The summed E-state index contributed by atoms with van der Waals surface area (Å²) in [6, 6.07) is 9.26. The molecule has 1 aromatic carbocycles. The fourth-order valence-electron chi connectivity index (χ4n) is 5.33. The number of aromatic amines is 1. The van der Waals surface area contributed by atoms with Crippen LogP contribution in [-0.4, -0.2) is 54.6 Å². The predicted octanol–water partition coefficient (Wildman–Crippen LogP) is 4.86. The zero-order valence-corrected chi connectivity index (χ0v) is 22.5. The average Bonchev–Trinajstić information content (AvgIpc) is 3.23. The van der Waals surface area contributed by atoms with Crippen LogP contribution in [0.3, 0.4) is 0 Å². The van der Waals surface area contributed by atoms with Gasteiger partial charge in [-0.05, 0) is 30.7 Å². The third kappa shape index (κ3) is 4.61. The van der Waals surface area contributed by atoms with Gasteiger partial charge in [-0.3, -0.25) is 29.0 Å². The van der Waals surface area contributed by atoms with E-state index in [9.17, 15) is 14.0 Å². The normalized spacial score (nSPS) is 17.6. The molecular weight excluding hydrogens is 483 g/mol. The van der Waals surface area contributed by atoms with Crippen LogP contribution in [0.5, 0.6) is 0 Å². The highest BCUT2D eigenvalue weighted by Crippen LogP contribution is 2.34. The number of hydrogen-bond acceptors (Lipinski definition) is 5. The lowest BCUT2D eigenvalue weighted by Crippen LogP contribution is -2.59. The van der Waals surface area contributed by atoms with Gasteiger partial charge in [-0.25, -0.2) is 9.50 Å². The van der Waals surface area contributed by atoms with E-state index >= 15 is 0 Å². The molecular formula is C29H33FN6O2. The van der Waals surface area contributed by atoms with E-state index in [2.05, 4.69) is 35.8 Å². The molecule has 2 atom stereocenters. The van der Waals surface area contributed by atoms with E-state index in [1.54, 1.807) is 24.2 Å². The maximum absolute atomic E-state index is 14.0. The molecule has 1 aliphatic rings. The predicted molar refractivity (Wildman–Crippen MR) is 145 cm³/mol. The number of aromatic nitrogens is 5. The summed E-state index contributed by atoms with van der Waals surface area (Å²) in [7, 11) is 0. The number of rotatable bonds is 6. The molecule has 3 aromatic heterocycles. The smallest absolute Gasteiger partial charge is 0.273 e. The third-order valence-corrected chi connectivity index (χ3v) is 7.18. The summed E-state index contributed by atoms with van der Waals surface area (Å²) < 4.78 is 14.8. The Bertz CT molecular complexity index is 1550. The molecule has 0 saturated carbocycles. The van der Waals surface area contributed by atoms with Crippen molar-refractivity contribution in [1.82, 2.24) is 29.5 Å². The van der Waals surface area contributed by atoms with Gasteiger partial charge in [0.15, 0.2) is 5.65 Å². The van der Waals surface area contributed by atoms with Crippen molar-refractivity contribution in [3.8, 4) is 22.6 Å². The van der Waals surface area contributed by atoms with Crippen molar-refractivity contribution < 1.29 is 9.18 Å². The topological polar surface area (TPSA) is 96.3 Å². The molecule has 2 unspecified atom stereocenters. The highest BCUT2D eigenvalue weighted by molar-refractivity contribution is 6.06. The number of H-pyrrole nitrogens is 1. The molecule has 1 amide bonds. The van der Waals surface area contributed by atoms with Crippen molar-refractivity contribution in [2.45, 2.75) is 53.5 Å². The van der Waals surface area contributed by atoms with Gasteiger partial charge in [0.1, 0.15) is 11.3 Å². The Kier molecular flexibility index (Phi) is 6.63. The fourth-order valence-corrected chi connectivity index (χ4v) is 5.33. The highest BCUT2D eigenvalue weighted by atomic mass is 19.1. The molecule has 198 valence electrons. The number of halogens is 1. The number of carbonyl (C=O) groups is 1. The van der Waals surface area contributed by atoms with Gasteiger partial charge >= 0.3 is 0 Å². The van der Waals surface area contributed by atoms with Crippen LogP contribution in [-0.2, 0) is 6.42 Å². The first-order valence-electron chi connectivity index (χ1n) is 13.0. The Labute approximate surface area is 220 Å². The second-order valence-corrected chi connectivity index (χ2v) is 11.3. The van der Waals surface area contributed by atoms with E-state index in [1.165, 1.54) is 16.1 Å². The lowest BCUT2D eigenvalue weighted by molar-refractivity contribution is 0.00557. The average molecular weight is 517 g/mol. The molecule has 1 N–H and O–H groups in total. The van der Waals surface area contributed by atoms with Gasteiger partial charge in [-0.15, -0.1) is 0 Å². The quantitative estimate of drug-likeness (QED) is 0.395. The maximum atomic E-state index is 14.0. The van der Waals surface area contributed by atoms with Crippen LogP contribution in [0.1, 0.15) is 55.7 Å². The number of nitrogens with one attached hydrogen (secondary N) is 1. The second-order valence-electron chi connectivity index (χ2n) is 11.3. The fraction of sp³-hybridized carbons (Fsp3) is 0.414. The lowest BCUT2D eigenvalue weighted by atomic mass is 9.87. The molecule has 1 fully saturated rings. The van der Waals surface area contributed by atoms with Crippen molar-refractivity contribution >= 4 is 11.6 Å². The summed E-state index contributed by atoms with van der Waals surface area (Å²) in [6.45, 7) is 10.2. The molecule has 0 aliphatic carbocycles. The van der Waals surface area contributed by atoms with Gasteiger partial charge in [-0.2, -0.15) is 0 Å². The SMILES string of the molecule is CCC1C(CF)CN1C(=O)c1c(-c2nccnc2C)[nH]n2c(=O)cc(-c3ccc(CC(C)(C)C)cc3)nc12. The Balaban J connectivity index is 1.66. The maximum Gasteiger partial charge on any atom is 0.273 e. The molecule has 1 aliphatic heterocycles. The van der Waals surface area contributed by atoms with Crippen molar-refractivity contribution in [3.63, 3.8) is 0 Å². The summed E-state index contributed by atoms with van der Waals surface area (Å²) in [5.41, 5.74) is 4.17. The molecule has 8 nitrogen and oxygen atoms in total. The van der Waals surface area contributed by atoms with E-state index in [0.29, 0.717) is 35.7 Å². The number of aryl methyl sites for hydroxylation is 1. The molecule has 0 radical (unpaired) electrons. The number of benzene rings is 1. The molecule has 38 heavy (non-hydrogen) atoms. The van der Waals surface area contributed by atoms with Gasteiger partial charge in [0, 0.05) is 42.5 Å². The van der Waals surface area contributed by atoms with Crippen molar-refractivity contribution in [3.05, 3.63) is 69.9 Å². The Morgan fingerprint density at radius 3 is 2.50 bits per heavy atom. The Morgan fingerprint density at radius 2 is 1.87 bits per heavy atom. The first-order valence-corrected chi connectivity index (χ1v) is 13.0. The number of carbonyl (C=O) groups excluding carboxylic acids is 1. The number of likely N-dealkylation sites (tertiary alicyclic amines) is 1. The summed E-state index contributed by atoms with van der Waals surface area (Å²) >= 11 is 0. The standard InChI is InChI=1S/C29H33FN6O2/c1-6-22-20(15-30)16-35(22)28(38)24-26(25-17(2)31-11-12-32-25)34-36-23(37)13-21(33-27(24)36)19-9-7-18(8-10-19)14-29(3,4)5/h7-13,20,22,34H,6,14-16H2,1-5H3. The number of nitrogens with zero attached hydrogens (tertiary/aromatic N) is 5. The molecule has 5 rings (SSSR count). The van der Waals surface area contributed by atoms with Gasteiger partial charge in [-0.1, -0.05) is 52.0 Å². The van der Waals surface area contributed by atoms with Crippen LogP contribution < -0.4 is 5.56 Å². The van der Waals surface area contributed by atoms with E-state index in [4.69, 9.17) is 4.98 Å². The first-order chi connectivity index (χ1) is 18.1. The van der Waals surface area contributed by atoms with E-state index in [1.807, 2.05) is 31.2 Å². The van der Waals surface area contributed by atoms with E-state index in [0.717, 1.165) is 12.0 Å². The van der Waals surface area contributed by atoms with Gasteiger partial charge < -0.3 is 4.90 Å². The Morgan fingerprint density at radius 1 is 1.16 bits per heavy atom. The molecule has 4 heterocycles. The molecule has 0 bridgehead atoms. The summed E-state index contributed by atoms with van der Waals surface area (Å²) in [5, 5.41) is 3.06. The van der Waals surface area contributed by atoms with Gasteiger partial charge in [0.05, 0.1) is 23.8 Å². The monoisotopic (exact) mass is 516 g/mol. The molecule has 0 spiro atoms. The van der Waals surface area contributed by atoms with Crippen LogP contribution in [0.4, 0.5) is 4.39 Å². The minimum absolute atomic E-state index is 0.154. The summed E-state index contributed by atoms with van der Waals surface area (Å²) in [6.07, 6.45) is 4.68. The number of alkyl halides is 1. The number of hydrogen-bond donors (Lipinski definition) is 1. The van der Waals surface area contributed by atoms with Gasteiger partial charge in [0.2, 0.25) is 0 Å². The van der Waals surface area contributed by atoms with E-state index in [-0.39, 0.29) is 40.1 Å². The molecule has 9 heteroatoms. The minimum Gasteiger partial charge on any atom is -0.335 e. The van der Waals surface area contributed by atoms with E-state index < -0.39 is 6.67 Å². The molecule has 1 saturated heterocycles. The van der Waals surface area contributed by atoms with Crippen LogP contribution in [0, 0.1) is 18.3 Å². The summed E-state index contributed by atoms with van der Waals surface area (Å²) in [4.78, 5) is 42.5. The van der Waals surface area contributed by atoms with Crippen molar-refractivity contribution in [1.29, 1.82) is 0 Å². The summed E-state index contributed by atoms with van der Waals surface area (Å²) in [5.74, 6) is -0.487. The lowest BCUT2D eigenvalue weighted by Gasteiger charge is -2.46. The molecule has 4 aromatic rings. The number of amides is 1. The van der Waals surface area contributed by atoms with Crippen LogP contribution in [0.15, 0.2) is 47.5 Å². The Hall–Kier alpha value is -3.88. The van der Waals surface area contributed by atoms with Gasteiger partial charge in [0.25, 0.3) is 11.5 Å². The zero-order chi connectivity index (χ0) is 27.2. The van der Waals surface area contributed by atoms with Crippen LogP contribution in [0.25, 0.3) is 28.3 Å². The number of fused-ring (bicyclic) bond motifs is 1. The first kappa shape index (κ1) is 25.8.